The summed E-state index contributed by atoms with van der Waals surface area (Å²) in [6.07, 6.45) is 1.41. The number of amides is 1. The molecule has 0 fully saturated rings. The normalized spacial score (nSPS) is 10.8. The van der Waals surface area contributed by atoms with Gasteiger partial charge in [0.1, 0.15) is 17.4 Å². The summed E-state index contributed by atoms with van der Waals surface area (Å²) < 4.78 is 7.13. The molecule has 1 N–H and O–H groups in total. The van der Waals surface area contributed by atoms with E-state index < -0.39 is 5.91 Å². The summed E-state index contributed by atoms with van der Waals surface area (Å²) in [7, 11) is 0. The number of nitriles is 1. The molecule has 2 aromatic heterocycles. The number of pyridine rings is 1. The van der Waals surface area contributed by atoms with Crippen LogP contribution < -0.4 is 10.1 Å². The van der Waals surface area contributed by atoms with Crippen LogP contribution in [0.15, 0.2) is 60.8 Å². The van der Waals surface area contributed by atoms with Crippen molar-refractivity contribution >= 4 is 22.6 Å². The third-order valence-electron chi connectivity index (χ3n) is 5.17. The van der Waals surface area contributed by atoms with Gasteiger partial charge in [0.2, 0.25) is 0 Å². The Kier molecular flexibility index (Phi) is 5.86. The second-order valence-corrected chi connectivity index (χ2v) is 7.81. The number of rotatable bonds is 6. The fraction of sp³-hybridized carbons (Fsp3) is 0.200. The highest BCUT2D eigenvalue weighted by Gasteiger charge is 2.17. The van der Waals surface area contributed by atoms with Gasteiger partial charge >= 0.3 is 0 Å². The van der Waals surface area contributed by atoms with Crippen molar-refractivity contribution in [1.29, 1.82) is 5.26 Å². The van der Waals surface area contributed by atoms with Gasteiger partial charge in [-0.25, -0.2) is 4.98 Å². The number of anilines is 1. The van der Waals surface area contributed by atoms with Gasteiger partial charge in [-0.1, -0.05) is 44.2 Å². The number of para-hydroxylation sites is 1. The number of aromatic nitrogens is 3. The Bertz CT molecular complexity index is 1330. The summed E-state index contributed by atoms with van der Waals surface area (Å²) in [5, 5.41) is 17.6. The van der Waals surface area contributed by atoms with E-state index in [-0.39, 0.29) is 18.0 Å². The van der Waals surface area contributed by atoms with Crippen LogP contribution in [0.5, 0.6) is 5.75 Å². The third-order valence-corrected chi connectivity index (χ3v) is 5.17. The lowest BCUT2D eigenvalue weighted by Gasteiger charge is -2.12. The molecule has 0 aliphatic rings. The molecule has 160 valence electrons. The molecule has 4 rings (SSSR count). The first-order valence-corrected chi connectivity index (χ1v) is 10.3. The van der Waals surface area contributed by atoms with Crippen LogP contribution in [-0.4, -0.2) is 27.3 Å². The molecular formula is C25H23N5O2. The molecule has 0 unspecified atom stereocenters. The maximum absolute atomic E-state index is 12.6. The summed E-state index contributed by atoms with van der Waals surface area (Å²) in [4.78, 5) is 17.3. The van der Waals surface area contributed by atoms with E-state index in [0.29, 0.717) is 17.5 Å². The first-order chi connectivity index (χ1) is 15.5. The van der Waals surface area contributed by atoms with Gasteiger partial charge in [0.15, 0.2) is 18.2 Å². The van der Waals surface area contributed by atoms with Gasteiger partial charge in [-0.15, -0.1) is 0 Å². The first kappa shape index (κ1) is 21.1. The molecule has 0 bridgehead atoms. The van der Waals surface area contributed by atoms with Crippen LogP contribution >= 0.6 is 0 Å². The molecule has 0 atom stereocenters. The predicted molar refractivity (Wildman–Crippen MR) is 123 cm³/mol. The van der Waals surface area contributed by atoms with Crippen LogP contribution in [0.1, 0.15) is 36.5 Å². The molecule has 2 heterocycles. The number of carbonyl (C=O) groups is 1. The van der Waals surface area contributed by atoms with E-state index in [4.69, 9.17) is 4.74 Å². The third kappa shape index (κ3) is 4.30. The van der Waals surface area contributed by atoms with Crippen LogP contribution in [0.25, 0.3) is 16.7 Å². The Balaban J connectivity index is 1.57. The monoisotopic (exact) mass is 425 g/mol. The Morgan fingerprint density at radius 3 is 2.78 bits per heavy atom. The van der Waals surface area contributed by atoms with Crippen LogP contribution in [0.2, 0.25) is 0 Å². The minimum absolute atomic E-state index is 0.193. The molecule has 0 aliphatic carbocycles. The zero-order chi connectivity index (χ0) is 22.7. The lowest BCUT2D eigenvalue weighted by molar-refractivity contribution is -0.118. The van der Waals surface area contributed by atoms with Gasteiger partial charge in [0.25, 0.3) is 5.91 Å². The Labute approximate surface area is 186 Å². The van der Waals surface area contributed by atoms with Crippen LogP contribution in [0.4, 0.5) is 5.82 Å². The summed E-state index contributed by atoms with van der Waals surface area (Å²) in [6, 6.07) is 19.4. The van der Waals surface area contributed by atoms with Crippen molar-refractivity contribution in [2.24, 2.45) is 0 Å². The SMILES string of the molecule is Cc1cc(-n2ncc(C#N)c2NC(=O)COc2cccc(C(C)C)c2)nc2ccccc12. The molecule has 7 nitrogen and oxygen atoms in total. The molecule has 0 saturated carbocycles. The second kappa shape index (κ2) is 8.90. The second-order valence-electron chi connectivity index (χ2n) is 7.81. The number of ether oxygens (including phenoxy) is 1. The lowest BCUT2D eigenvalue weighted by atomic mass is 10.0. The fourth-order valence-corrected chi connectivity index (χ4v) is 3.44. The van der Waals surface area contributed by atoms with Gasteiger partial charge in [-0.3, -0.25) is 4.79 Å². The van der Waals surface area contributed by atoms with Crippen LogP contribution in [0, 0.1) is 18.3 Å². The molecule has 1 amide bonds. The Morgan fingerprint density at radius 2 is 2.00 bits per heavy atom. The zero-order valence-corrected chi connectivity index (χ0v) is 18.2. The first-order valence-electron chi connectivity index (χ1n) is 10.3. The van der Waals surface area contributed by atoms with Crippen LogP contribution in [0.3, 0.4) is 0 Å². The summed E-state index contributed by atoms with van der Waals surface area (Å²) in [6.45, 7) is 5.99. The number of nitrogens with one attached hydrogen (secondary N) is 1. The highest BCUT2D eigenvalue weighted by molar-refractivity contribution is 5.92. The molecule has 7 heteroatoms. The van der Waals surface area contributed by atoms with E-state index in [2.05, 4.69) is 35.3 Å². The number of benzene rings is 2. The largest absolute Gasteiger partial charge is 0.484 e. The van der Waals surface area contributed by atoms with Crippen molar-refractivity contribution in [3.05, 3.63) is 77.5 Å². The molecule has 2 aromatic carbocycles. The van der Waals surface area contributed by atoms with E-state index in [0.717, 1.165) is 22.0 Å². The number of fused-ring (bicyclic) bond motifs is 1. The van der Waals surface area contributed by atoms with E-state index in [1.54, 1.807) is 0 Å². The van der Waals surface area contributed by atoms with E-state index in [1.165, 1.54) is 10.9 Å². The molecule has 0 spiro atoms. The minimum atomic E-state index is -0.393. The number of hydrogen-bond donors (Lipinski definition) is 1. The fourth-order valence-electron chi connectivity index (χ4n) is 3.44. The number of hydrogen-bond acceptors (Lipinski definition) is 5. The molecule has 0 aliphatic heterocycles. The highest BCUT2D eigenvalue weighted by atomic mass is 16.5. The quantitative estimate of drug-likeness (QED) is 0.482. The Morgan fingerprint density at radius 1 is 1.19 bits per heavy atom. The van der Waals surface area contributed by atoms with E-state index >= 15 is 0 Å². The number of nitrogens with zero attached hydrogens (tertiary/aromatic N) is 4. The maximum Gasteiger partial charge on any atom is 0.263 e. The van der Waals surface area contributed by atoms with Crippen molar-refractivity contribution in [3.8, 4) is 17.6 Å². The van der Waals surface area contributed by atoms with Crippen molar-refractivity contribution < 1.29 is 9.53 Å². The predicted octanol–water partition coefficient (Wildman–Crippen LogP) is 4.74. The zero-order valence-electron chi connectivity index (χ0n) is 18.2. The maximum atomic E-state index is 12.6. The van der Waals surface area contributed by atoms with E-state index in [1.807, 2.05) is 61.5 Å². The highest BCUT2D eigenvalue weighted by Crippen LogP contribution is 2.24. The van der Waals surface area contributed by atoms with Crippen molar-refractivity contribution in [3.63, 3.8) is 0 Å². The Hall–Kier alpha value is -4.18. The molecule has 0 saturated heterocycles. The van der Waals surface area contributed by atoms with Crippen molar-refractivity contribution in [2.75, 3.05) is 11.9 Å². The summed E-state index contributed by atoms with van der Waals surface area (Å²) >= 11 is 0. The topological polar surface area (TPSA) is 92.8 Å². The lowest BCUT2D eigenvalue weighted by Crippen LogP contribution is -2.22. The van der Waals surface area contributed by atoms with E-state index in [9.17, 15) is 10.1 Å². The summed E-state index contributed by atoms with van der Waals surface area (Å²) in [5.74, 6) is 1.36. The molecule has 4 aromatic rings. The van der Waals surface area contributed by atoms with Gasteiger partial charge in [0, 0.05) is 5.39 Å². The van der Waals surface area contributed by atoms with Gasteiger partial charge in [0.05, 0.1) is 11.7 Å². The van der Waals surface area contributed by atoms with Crippen molar-refractivity contribution in [1.82, 2.24) is 14.8 Å². The van der Waals surface area contributed by atoms with Crippen molar-refractivity contribution in [2.45, 2.75) is 26.7 Å². The van der Waals surface area contributed by atoms with Gasteiger partial charge < -0.3 is 10.1 Å². The minimum Gasteiger partial charge on any atom is -0.484 e. The van der Waals surface area contributed by atoms with Crippen LogP contribution in [-0.2, 0) is 4.79 Å². The van der Waals surface area contributed by atoms with Gasteiger partial charge in [-0.05, 0) is 48.2 Å². The molecule has 0 radical (unpaired) electrons. The molecule has 32 heavy (non-hydrogen) atoms. The summed E-state index contributed by atoms with van der Waals surface area (Å²) in [5.41, 5.74) is 3.20. The standard InChI is InChI=1S/C25H23N5O2/c1-16(2)18-7-6-8-20(12-18)32-15-24(31)29-25-19(13-26)14-27-30(25)23-11-17(3)21-9-4-5-10-22(21)28-23/h4-12,14,16H,15H2,1-3H3,(H,29,31). The average Bonchev–Trinajstić information content (AvgIpc) is 3.20. The molecular weight excluding hydrogens is 402 g/mol. The average molecular weight is 425 g/mol. The number of carbonyl (C=O) groups excluding carboxylic acids is 1. The number of aryl methyl sites for hydroxylation is 1. The smallest absolute Gasteiger partial charge is 0.263 e. The van der Waals surface area contributed by atoms with Gasteiger partial charge in [-0.2, -0.15) is 15.0 Å².